The molecule has 1 heterocycles. The third-order valence-electron chi connectivity index (χ3n) is 3.96. The van der Waals surface area contributed by atoms with Crippen LogP contribution in [0, 0.1) is 24.0 Å². The van der Waals surface area contributed by atoms with Gasteiger partial charge in [-0.1, -0.05) is 18.2 Å². The number of rotatable bonds is 4. The fourth-order valence-electron chi connectivity index (χ4n) is 2.76. The lowest BCUT2D eigenvalue weighted by Crippen LogP contribution is -2.00. The maximum absolute atomic E-state index is 11.0. The van der Waals surface area contributed by atoms with Gasteiger partial charge in [-0.2, -0.15) is 0 Å². The fraction of sp³-hybridized carbons (Fsp3) is 0.105. The van der Waals surface area contributed by atoms with Gasteiger partial charge < -0.3 is 4.57 Å². The van der Waals surface area contributed by atoms with Crippen LogP contribution >= 0.6 is 15.9 Å². The van der Waals surface area contributed by atoms with Crippen molar-refractivity contribution in [1.82, 2.24) is 4.57 Å². The fourth-order valence-corrected chi connectivity index (χ4v) is 3.14. The van der Waals surface area contributed by atoms with Crippen LogP contribution in [-0.4, -0.2) is 15.7 Å². The molecule has 0 aliphatic rings. The summed E-state index contributed by atoms with van der Waals surface area (Å²) in [6.07, 6.45) is 1.82. The van der Waals surface area contributed by atoms with Crippen molar-refractivity contribution in [3.05, 3.63) is 86.1 Å². The highest BCUT2D eigenvalue weighted by Gasteiger charge is 2.12. The first kappa shape index (κ1) is 17.1. The normalized spacial score (nSPS) is 11.2. The maximum atomic E-state index is 11.0. The maximum Gasteiger partial charge on any atom is 0.271 e. The molecule has 0 saturated heterocycles. The first-order valence-electron chi connectivity index (χ1n) is 7.70. The number of halogens is 1. The topological polar surface area (TPSA) is 60.4 Å². The number of non-ortho nitro benzene ring substituents is 1. The minimum atomic E-state index is -0.382. The van der Waals surface area contributed by atoms with Crippen LogP contribution in [0.15, 0.2) is 64.1 Å². The molecule has 6 heteroatoms. The van der Waals surface area contributed by atoms with Crippen LogP contribution in [0.1, 0.15) is 17.0 Å². The Morgan fingerprint density at radius 2 is 1.88 bits per heavy atom. The molecule has 0 saturated carbocycles. The molecule has 5 nitrogen and oxygen atoms in total. The van der Waals surface area contributed by atoms with Gasteiger partial charge in [0.1, 0.15) is 0 Å². The molecular formula is C19H16BrN3O2. The first-order valence-corrected chi connectivity index (χ1v) is 8.49. The number of aryl methyl sites for hydroxylation is 1. The second-order valence-corrected chi connectivity index (χ2v) is 6.50. The van der Waals surface area contributed by atoms with E-state index in [-0.39, 0.29) is 10.6 Å². The molecular weight excluding hydrogens is 382 g/mol. The lowest BCUT2D eigenvalue weighted by molar-refractivity contribution is -0.384. The first-order chi connectivity index (χ1) is 12.0. The molecule has 0 aliphatic heterocycles. The molecule has 0 unspecified atom stereocenters. The summed E-state index contributed by atoms with van der Waals surface area (Å²) >= 11 is 3.48. The van der Waals surface area contributed by atoms with Crippen molar-refractivity contribution in [2.24, 2.45) is 4.99 Å². The van der Waals surface area contributed by atoms with Crippen molar-refractivity contribution >= 4 is 33.5 Å². The molecule has 0 fully saturated rings. The van der Waals surface area contributed by atoms with Gasteiger partial charge in [-0.25, -0.2) is 0 Å². The summed E-state index contributed by atoms with van der Waals surface area (Å²) in [4.78, 5) is 15.2. The number of nitrogens with zero attached hydrogens (tertiary/aromatic N) is 3. The van der Waals surface area contributed by atoms with E-state index in [4.69, 9.17) is 0 Å². The van der Waals surface area contributed by atoms with Crippen molar-refractivity contribution in [3.8, 4) is 5.69 Å². The van der Waals surface area contributed by atoms with Gasteiger partial charge in [0.05, 0.1) is 16.3 Å². The predicted octanol–water partition coefficient (Wildman–Crippen LogP) is 5.52. The number of hydrogen-bond donors (Lipinski definition) is 0. The van der Waals surface area contributed by atoms with Crippen LogP contribution < -0.4 is 0 Å². The van der Waals surface area contributed by atoms with Crippen molar-refractivity contribution in [2.45, 2.75) is 13.8 Å². The van der Waals surface area contributed by atoms with E-state index in [1.165, 1.54) is 6.07 Å². The summed E-state index contributed by atoms with van der Waals surface area (Å²) < 4.78 is 2.92. The molecule has 126 valence electrons. The van der Waals surface area contributed by atoms with E-state index < -0.39 is 0 Å². The van der Waals surface area contributed by atoms with E-state index in [9.17, 15) is 10.1 Å². The molecule has 1 aromatic heterocycles. The number of hydrogen-bond acceptors (Lipinski definition) is 3. The van der Waals surface area contributed by atoms with Crippen LogP contribution in [0.2, 0.25) is 0 Å². The third kappa shape index (κ3) is 3.53. The average molecular weight is 398 g/mol. The zero-order valence-electron chi connectivity index (χ0n) is 13.8. The molecule has 0 atom stereocenters. The Labute approximate surface area is 153 Å². The summed E-state index contributed by atoms with van der Waals surface area (Å²) in [6.45, 7) is 3.95. The number of benzene rings is 2. The minimum Gasteiger partial charge on any atom is -0.318 e. The highest BCUT2D eigenvalue weighted by atomic mass is 79.9. The van der Waals surface area contributed by atoms with Crippen molar-refractivity contribution in [2.75, 3.05) is 0 Å². The quantitative estimate of drug-likeness (QED) is 0.330. The van der Waals surface area contributed by atoms with Crippen LogP contribution in [0.3, 0.4) is 0 Å². The molecule has 0 N–H and O–H groups in total. The van der Waals surface area contributed by atoms with E-state index in [0.717, 1.165) is 32.8 Å². The van der Waals surface area contributed by atoms with E-state index in [1.807, 2.05) is 61.0 Å². The van der Waals surface area contributed by atoms with Gasteiger partial charge >= 0.3 is 0 Å². The van der Waals surface area contributed by atoms with Crippen molar-refractivity contribution in [1.29, 1.82) is 0 Å². The molecule has 0 radical (unpaired) electrons. The van der Waals surface area contributed by atoms with Crippen LogP contribution in [0.5, 0.6) is 0 Å². The molecule has 25 heavy (non-hydrogen) atoms. The Balaban J connectivity index is 2.01. The number of aromatic nitrogens is 1. The van der Waals surface area contributed by atoms with Gasteiger partial charge in [0.2, 0.25) is 0 Å². The number of aliphatic imine (C=N–C) groups is 1. The van der Waals surface area contributed by atoms with Crippen molar-refractivity contribution in [3.63, 3.8) is 0 Å². The smallest absolute Gasteiger partial charge is 0.271 e. The summed E-state index contributed by atoms with van der Waals surface area (Å²) in [7, 11) is 0. The van der Waals surface area contributed by atoms with E-state index >= 15 is 0 Å². The SMILES string of the molecule is Cc1cc(C=Nc2ccccc2Br)c(C)n1-c1cccc([N+](=O)[O-])c1. The number of nitro benzene ring substituents is 1. The van der Waals surface area contributed by atoms with Crippen molar-refractivity contribution < 1.29 is 4.92 Å². The Morgan fingerprint density at radius 3 is 2.60 bits per heavy atom. The second kappa shape index (κ2) is 7.03. The Kier molecular flexibility index (Phi) is 4.81. The summed E-state index contributed by atoms with van der Waals surface area (Å²) in [5.41, 5.74) is 4.64. The molecule has 0 spiro atoms. The van der Waals surface area contributed by atoms with E-state index in [0.29, 0.717) is 0 Å². The van der Waals surface area contributed by atoms with Crippen LogP contribution in [-0.2, 0) is 0 Å². The van der Waals surface area contributed by atoms with Gasteiger partial charge in [-0.15, -0.1) is 0 Å². The number of nitro groups is 1. The van der Waals surface area contributed by atoms with Gasteiger partial charge in [0.15, 0.2) is 0 Å². The lowest BCUT2D eigenvalue weighted by atomic mass is 10.2. The van der Waals surface area contributed by atoms with Gasteiger partial charge in [-0.05, 0) is 54.0 Å². The summed E-state index contributed by atoms with van der Waals surface area (Å²) in [5, 5.41) is 11.0. The van der Waals surface area contributed by atoms with Crippen LogP contribution in [0.25, 0.3) is 5.69 Å². The average Bonchev–Trinajstić information content (AvgIpc) is 2.88. The van der Waals surface area contributed by atoms with Gasteiger partial charge in [0.25, 0.3) is 5.69 Å². The summed E-state index contributed by atoms with van der Waals surface area (Å²) in [5.74, 6) is 0. The zero-order valence-corrected chi connectivity index (χ0v) is 15.4. The molecule has 3 rings (SSSR count). The predicted molar refractivity (Wildman–Crippen MR) is 103 cm³/mol. The molecule has 2 aromatic carbocycles. The largest absolute Gasteiger partial charge is 0.318 e. The Hall–Kier alpha value is -2.73. The van der Waals surface area contributed by atoms with Gasteiger partial charge in [0, 0.05) is 39.8 Å². The third-order valence-corrected chi connectivity index (χ3v) is 4.63. The molecule has 0 bridgehead atoms. The lowest BCUT2D eigenvalue weighted by Gasteiger charge is -2.09. The van der Waals surface area contributed by atoms with Crippen LogP contribution in [0.4, 0.5) is 11.4 Å². The Bertz CT molecular complexity index is 977. The van der Waals surface area contributed by atoms with E-state index in [1.54, 1.807) is 12.1 Å². The highest BCUT2D eigenvalue weighted by Crippen LogP contribution is 2.26. The Morgan fingerprint density at radius 1 is 1.12 bits per heavy atom. The second-order valence-electron chi connectivity index (χ2n) is 5.65. The molecule has 3 aromatic rings. The van der Waals surface area contributed by atoms with E-state index in [2.05, 4.69) is 20.9 Å². The standard InChI is InChI=1S/C19H16BrN3O2/c1-13-10-15(12-21-19-9-4-3-8-18(19)20)14(2)22(13)16-6-5-7-17(11-16)23(24)25/h3-12H,1-2H3. The minimum absolute atomic E-state index is 0.0773. The summed E-state index contributed by atoms with van der Waals surface area (Å²) in [6, 6.07) is 16.4. The molecule has 0 aliphatic carbocycles. The monoisotopic (exact) mass is 397 g/mol. The number of para-hydroxylation sites is 1. The highest BCUT2D eigenvalue weighted by molar-refractivity contribution is 9.10. The molecule has 0 amide bonds. The van der Waals surface area contributed by atoms with Gasteiger partial charge in [-0.3, -0.25) is 15.1 Å². The zero-order chi connectivity index (χ0) is 18.0.